The topological polar surface area (TPSA) is 92.5 Å². The Morgan fingerprint density at radius 1 is 1.26 bits per heavy atom. The Morgan fingerprint density at radius 3 is 2.61 bits per heavy atom. The Morgan fingerprint density at radius 2 is 2.00 bits per heavy atom. The number of nitrogens with zero attached hydrogens (tertiary/aromatic N) is 6. The van der Waals surface area contributed by atoms with Crippen molar-refractivity contribution < 1.29 is 17.9 Å². The minimum atomic E-state index is -4.44. The molecule has 9 nitrogen and oxygen atoms in total. The third kappa shape index (κ3) is 7.84. The highest BCUT2D eigenvalue weighted by Crippen LogP contribution is 2.29. The first-order valence-electron chi connectivity index (χ1n) is 9.51. The van der Waals surface area contributed by atoms with Crippen molar-refractivity contribution in [3.63, 3.8) is 0 Å². The highest BCUT2D eigenvalue weighted by molar-refractivity contribution is 14.0. The number of aryl methyl sites for hydroxylation is 1. The minimum absolute atomic E-state index is 0. The van der Waals surface area contributed by atoms with Crippen molar-refractivity contribution in [2.75, 3.05) is 39.4 Å². The number of aromatic nitrogens is 4. The predicted molar refractivity (Wildman–Crippen MR) is 122 cm³/mol. The highest BCUT2D eigenvalue weighted by atomic mass is 127. The van der Waals surface area contributed by atoms with E-state index in [4.69, 9.17) is 4.74 Å². The number of guanidine groups is 1. The lowest BCUT2D eigenvalue weighted by Gasteiger charge is -2.26. The van der Waals surface area contributed by atoms with Crippen LogP contribution in [0.25, 0.3) is 0 Å². The fraction of sp³-hybridized carbons (Fsp3) is 0.647. The van der Waals surface area contributed by atoms with Crippen molar-refractivity contribution in [1.29, 1.82) is 0 Å². The Labute approximate surface area is 199 Å². The monoisotopic (exact) mass is 574 g/mol. The molecular weight excluding hydrogens is 548 g/mol. The fourth-order valence-electron chi connectivity index (χ4n) is 2.75. The molecule has 1 fully saturated rings. The molecule has 1 aliphatic rings. The number of hydrogen-bond acceptors (Lipinski definition) is 7. The average molecular weight is 574 g/mol. The largest absolute Gasteiger partial charge is 0.434 e. The van der Waals surface area contributed by atoms with Gasteiger partial charge in [-0.15, -0.1) is 45.5 Å². The van der Waals surface area contributed by atoms with Crippen molar-refractivity contribution in [2.45, 2.75) is 26.2 Å². The second kappa shape index (κ2) is 11.9. The van der Waals surface area contributed by atoms with Gasteiger partial charge in [0.2, 0.25) is 0 Å². The maximum Gasteiger partial charge on any atom is 0.434 e. The van der Waals surface area contributed by atoms with Gasteiger partial charge in [-0.3, -0.25) is 4.90 Å². The molecule has 0 saturated carbocycles. The Hall–Kier alpha value is -1.52. The SMILES string of the molecule is Cc1nnc(CN=C(NCCN2CCOCC2)NCc2nc(C(F)(F)F)cs2)n1C.I. The second-order valence-electron chi connectivity index (χ2n) is 6.75. The van der Waals surface area contributed by atoms with Gasteiger partial charge in [0, 0.05) is 38.6 Å². The standard InChI is InChI=1S/C17H25F3N8OS.HI/c1-12-25-26-14(27(12)2)9-22-16(21-3-4-28-5-7-29-8-6-28)23-10-15-24-13(11-30-15)17(18,19)20;/h11H,3-10H2,1-2H3,(H2,21,22,23);1H. The fourth-order valence-corrected chi connectivity index (χ4v) is 3.49. The van der Waals surface area contributed by atoms with E-state index in [2.05, 4.69) is 35.7 Å². The lowest BCUT2D eigenvalue weighted by atomic mass is 10.4. The van der Waals surface area contributed by atoms with E-state index in [1.807, 2.05) is 18.5 Å². The zero-order valence-corrected chi connectivity index (χ0v) is 20.4. The van der Waals surface area contributed by atoms with Crippen LogP contribution in [0.5, 0.6) is 0 Å². The second-order valence-corrected chi connectivity index (χ2v) is 7.69. The smallest absolute Gasteiger partial charge is 0.379 e. The van der Waals surface area contributed by atoms with Gasteiger partial charge >= 0.3 is 6.18 Å². The molecule has 2 aromatic rings. The normalized spacial score (nSPS) is 15.6. The number of hydrogen-bond donors (Lipinski definition) is 2. The summed E-state index contributed by atoms with van der Waals surface area (Å²) in [6.45, 7) is 6.90. The first-order valence-corrected chi connectivity index (χ1v) is 10.4. The summed E-state index contributed by atoms with van der Waals surface area (Å²) in [6.07, 6.45) is -4.44. The summed E-state index contributed by atoms with van der Waals surface area (Å²) >= 11 is 0.960. The zero-order valence-electron chi connectivity index (χ0n) is 17.3. The van der Waals surface area contributed by atoms with E-state index in [1.54, 1.807) is 0 Å². The lowest BCUT2D eigenvalue weighted by molar-refractivity contribution is -0.140. The predicted octanol–water partition coefficient (Wildman–Crippen LogP) is 1.78. The van der Waals surface area contributed by atoms with E-state index in [0.29, 0.717) is 23.3 Å². The molecule has 14 heteroatoms. The average Bonchev–Trinajstić information content (AvgIpc) is 3.32. The molecule has 3 rings (SSSR count). The number of aliphatic imine (C=N–C) groups is 1. The molecule has 3 heterocycles. The summed E-state index contributed by atoms with van der Waals surface area (Å²) < 4.78 is 45.4. The van der Waals surface area contributed by atoms with E-state index >= 15 is 0 Å². The molecule has 2 aromatic heterocycles. The van der Waals surface area contributed by atoms with Crippen molar-refractivity contribution in [3.8, 4) is 0 Å². The van der Waals surface area contributed by atoms with Gasteiger partial charge in [-0.1, -0.05) is 0 Å². The summed E-state index contributed by atoms with van der Waals surface area (Å²) in [5.74, 6) is 1.94. The van der Waals surface area contributed by atoms with Crippen molar-refractivity contribution in [3.05, 3.63) is 27.7 Å². The van der Waals surface area contributed by atoms with Gasteiger partial charge in [0.1, 0.15) is 17.4 Å². The highest BCUT2D eigenvalue weighted by Gasteiger charge is 2.33. The van der Waals surface area contributed by atoms with Gasteiger partial charge in [0.15, 0.2) is 17.5 Å². The van der Waals surface area contributed by atoms with Crippen LogP contribution in [0.3, 0.4) is 0 Å². The summed E-state index contributed by atoms with van der Waals surface area (Å²) in [7, 11) is 1.85. The van der Waals surface area contributed by atoms with Crippen molar-refractivity contribution in [1.82, 2.24) is 35.3 Å². The third-order valence-electron chi connectivity index (χ3n) is 4.63. The molecule has 0 aromatic carbocycles. The molecule has 174 valence electrons. The number of nitrogens with one attached hydrogen (secondary N) is 2. The Bertz CT molecular complexity index is 851. The molecule has 0 atom stereocenters. The Balaban J connectivity index is 0.00000341. The van der Waals surface area contributed by atoms with Crippen LogP contribution in [0.4, 0.5) is 13.2 Å². The van der Waals surface area contributed by atoms with Crippen LogP contribution >= 0.6 is 35.3 Å². The summed E-state index contributed by atoms with van der Waals surface area (Å²) in [5.41, 5.74) is -0.877. The Kier molecular flexibility index (Phi) is 9.90. The van der Waals surface area contributed by atoms with Gasteiger partial charge in [-0.2, -0.15) is 13.2 Å². The molecule has 1 aliphatic heterocycles. The maximum atomic E-state index is 12.8. The summed E-state index contributed by atoms with van der Waals surface area (Å²) in [6, 6.07) is 0. The van der Waals surface area contributed by atoms with E-state index in [0.717, 1.165) is 55.4 Å². The number of thiazole rings is 1. The quantitative estimate of drug-likeness (QED) is 0.296. The van der Waals surface area contributed by atoms with Crippen LogP contribution in [0, 0.1) is 6.92 Å². The minimum Gasteiger partial charge on any atom is -0.379 e. The van der Waals surface area contributed by atoms with E-state index in [1.165, 1.54) is 0 Å². The molecule has 2 N–H and O–H groups in total. The van der Waals surface area contributed by atoms with Crippen LogP contribution in [-0.4, -0.2) is 70.0 Å². The summed E-state index contributed by atoms with van der Waals surface area (Å²) in [5, 5.41) is 15.7. The van der Waals surface area contributed by atoms with E-state index in [-0.39, 0.29) is 37.1 Å². The van der Waals surface area contributed by atoms with E-state index < -0.39 is 11.9 Å². The van der Waals surface area contributed by atoms with Gasteiger partial charge in [0.05, 0.1) is 19.8 Å². The first-order chi connectivity index (χ1) is 14.3. The number of alkyl halides is 3. The number of ether oxygens (including phenoxy) is 1. The molecule has 0 radical (unpaired) electrons. The number of halogens is 4. The molecule has 0 amide bonds. The zero-order chi connectivity index (χ0) is 21.6. The number of rotatable bonds is 7. The van der Waals surface area contributed by atoms with Gasteiger partial charge < -0.3 is 19.9 Å². The third-order valence-corrected chi connectivity index (χ3v) is 5.48. The van der Waals surface area contributed by atoms with Gasteiger partial charge in [-0.05, 0) is 6.92 Å². The first kappa shape index (κ1) is 25.7. The molecule has 0 aliphatic carbocycles. The van der Waals surface area contributed by atoms with Gasteiger partial charge in [0.25, 0.3) is 0 Å². The van der Waals surface area contributed by atoms with Crippen LogP contribution in [0.2, 0.25) is 0 Å². The molecule has 0 bridgehead atoms. The van der Waals surface area contributed by atoms with Crippen molar-refractivity contribution >= 4 is 41.3 Å². The van der Waals surface area contributed by atoms with Crippen LogP contribution < -0.4 is 10.6 Å². The molecule has 31 heavy (non-hydrogen) atoms. The molecule has 0 unspecified atom stereocenters. The van der Waals surface area contributed by atoms with Gasteiger partial charge in [-0.25, -0.2) is 9.98 Å². The van der Waals surface area contributed by atoms with E-state index in [9.17, 15) is 13.2 Å². The molecular formula is C17H26F3IN8OS. The molecule has 0 spiro atoms. The number of morpholine rings is 1. The van der Waals surface area contributed by atoms with Crippen LogP contribution in [0.1, 0.15) is 22.4 Å². The molecule has 1 saturated heterocycles. The van der Waals surface area contributed by atoms with Crippen molar-refractivity contribution in [2.24, 2.45) is 12.0 Å². The van der Waals surface area contributed by atoms with Crippen LogP contribution in [0.15, 0.2) is 10.4 Å². The maximum absolute atomic E-state index is 12.8. The van der Waals surface area contributed by atoms with Crippen LogP contribution in [-0.2, 0) is 31.1 Å². The summed E-state index contributed by atoms with van der Waals surface area (Å²) in [4.78, 5) is 10.4. The lowest BCUT2D eigenvalue weighted by Crippen LogP contribution is -2.44.